The summed E-state index contributed by atoms with van der Waals surface area (Å²) in [5.74, 6) is 0.679. The van der Waals surface area contributed by atoms with Gasteiger partial charge in [0.15, 0.2) is 5.82 Å². The number of carbonyl (C=O) groups is 2. The van der Waals surface area contributed by atoms with Crippen LogP contribution in [-0.2, 0) is 9.59 Å². The molecule has 0 aliphatic rings. The summed E-state index contributed by atoms with van der Waals surface area (Å²) in [5, 5.41) is 9.20. The van der Waals surface area contributed by atoms with Crippen molar-refractivity contribution >= 4 is 17.6 Å². The van der Waals surface area contributed by atoms with E-state index in [2.05, 4.69) is 15.8 Å². The van der Waals surface area contributed by atoms with Crippen LogP contribution in [0.2, 0.25) is 0 Å². The Balaban J connectivity index is 2.46. The van der Waals surface area contributed by atoms with Crippen LogP contribution in [0.15, 0.2) is 10.6 Å². The van der Waals surface area contributed by atoms with Crippen LogP contribution in [0, 0.1) is 6.92 Å². The summed E-state index contributed by atoms with van der Waals surface area (Å²) < 4.78 is 4.87. The highest BCUT2D eigenvalue weighted by atomic mass is 16.5. The SMILES string of the molecule is CCN(CC(=O)Nc1cc(C)on1)CC(=O)NC(C)(C)C. The Hall–Kier alpha value is -1.89. The third-order valence-electron chi connectivity index (χ3n) is 2.59. The summed E-state index contributed by atoms with van der Waals surface area (Å²) >= 11 is 0. The third kappa shape index (κ3) is 6.89. The van der Waals surface area contributed by atoms with E-state index in [1.165, 1.54) is 0 Å². The zero-order chi connectivity index (χ0) is 16.0. The number of nitrogens with zero attached hydrogens (tertiary/aromatic N) is 2. The number of anilines is 1. The standard InChI is InChI=1S/C14H24N4O3/c1-6-18(9-13(20)16-14(3,4)5)8-12(19)15-11-7-10(2)21-17-11/h7H,6,8-9H2,1-5H3,(H,16,20)(H,15,17,19). The summed E-state index contributed by atoms with van der Waals surface area (Å²) in [4.78, 5) is 25.5. The van der Waals surface area contributed by atoms with E-state index in [0.29, 0.717) is 18.1 Å². The Morgan fingerprint density at radius 3 is 2.38 bits per heavy atom. The van der Waals surface area contributed by atoms with Crippen molar-refractivity contribution in [1.82, 2.24) is 15.4 Å². The molecule has 0 saturated carbocycles. The van der Waals surface area contributed by atoms with Gasteiger partial charge in [0, 0.05) is 11.6 Å². The van der Waals surface area contributed by atoms with Gasteiger partial charge in [-0.2, -0.15) is 0 Å². The summed E-state index contributed by atoms with van der Waals surface area (Å²) in [6.45, 7) is 10.3. The summed E-state index contributed by atoms with van der Waals surface area (Å²) in [6.07, 6.45) is 0. The minimum atomic E-state index is -0.281. The number of likely N-dealkylation sites (N-methyl/N-ethyl adjacent to an activating group) is 1. The Kier molecular flexibility index (Phi) is 5.90. The molecule has 0 aliphatic heterocycles. The molecule has 1 heterocycles. The first kappa shape index (κ1) is 17.2. The molecule has 0 spiro atoms. The van der Waals surface area contributed by atoms with Crippen molar-refractivity contribution in [2.75, 3.05) is 25.0 Å². The summed E-state index contributed by atoms with van der Waals surface area (Å²) in [7, 11) is 0. The Bertz CT molecular complexity index is 491. The normalized spacial score (nSPS) is 11.5. The van der Waals surface area contributed by atoms with Crippen molar-refractivity contribution in [3.63, 3.8) is 0 Å². The van der Waals surface area contributed by atoms with Crippen LogP contribution in [0.25, 0.3) is 0 Å². The van der Waals surface area contributed by atoms with Crippen molar-refractivity contribution in [3.05, 3.63) is 11.8 Å². The fraction of sp³-hybridized carbons (Fsp3) is 0.643. The van der Waals surface area contributed by atoms with E-state index in [4.69, 9.17) is 4.52 Å². The fourth-order valence-electron chi connectivity index (χ4n) is 1.75. The van der Waals surface area contributed by atoms with Crippen molar-refractivity contribution in [1.29, 1.82) is 0 Å². The van der Waals surface area contributed by atoms with Crippen LogP contribution in [0.3, 0.4) is 0 Å². The lowest BCUT2D eigenvalue weighted by Gasteiger charge is -2.24. The summed E-state index contributed by atoms with van der Waals surface area (Å²) in [5.41, 5.74) is -0.281. The zero-order valence-corrected chi connectivity index (χ0v) is 13.3. The monoisotopic (exact) mass is 296 g/mol. The first-order valence-corrected chi connectivity index (χ1v) is 6.96. The van der Waals surface area contributed by atoms with Gasteiger partial charge in [-0.25, -0.2) is 0 Å². The molecule has 2 amide bonds. The molecule has 1 aromatic rings. The molecule has 21 heavy (non-hydrogen) atoms. The molecule has 1 aromatic heterocycles. The van der Waals surface area contributed by atoms with E-state index < -0.39 is 0 Å². The highest BCUT2D eigenvalue weighted by Gasteiger charge is 2.18. The second-order valence-electron chi connectivity index (χ2n) is 5.97. The number of rotatable bonds is 6. The molecule has 0 atom stereocenters. The lowest BCUT2D eigenvalue weighted by atomic mass is 10.1. The molecular formula is C14H24N4O3. The van der Waals surface area contributed by atoms with Crippen LogP contribution in [0.5, 0.6) is 0 Å². The Labute approximate surface area is 125 Å². The quantitative estimate of drug-likeness (QED) is 0.822. The molecule has 2 N–H and O–H groups in total. The van der Waals surface area contributed by atoms with Crippen LogP contribution >= 0.6 is 0 Å². The number of hydrogen-bond acceptors (Lipinski definition) is 5. The first-order chi connectivity index (χ1) is 9.69. The molecule has 0 aliphatic carbocycles. The Morgan fingerprint density at radius 1 is 1.29 bits per heavy atom. The smallest absolute Gasteiger partial charge is 0.239 e. The highest BCUT2D eigenvalue weighted by Crippen LogP contribution is 2.07. The number of aryl methyl sites for hydroxylation is 1. The van der Waals surface area contributed by atoms with Crippen molar-refractivity contribution in [2.45, 2.75) is 40.2 Å². The topological polar surface area (TPSA) is 87.5 Å². The van der Waals surface area contributed by atoms with Crippen molar-refractivity contribution < 1.29 is 14.1 Å². The average molecular weight is 296 g/mol. The van der Waals surface area contributed by atoms with Gasteiger partial charge in [0.25, 0.3) is 0 Å². The fourth-order valence-corrected chi connectivity index (χ4v) is 1.75. The molecule has 0 bridgehead atoms. The number of carbonyl (C=O) groups excluding carboxylic acids is 2. The second-order valence-corrected chi connectivity index (χ2v) is 5.97. The van der Waals surface area contributed by atoms with Gasteiger partial charge in [-0.3, -0.25) is 14.5 Å². The number of amides is 2. The van der Waals surface area contributed by atoms with Crippen molar-refractivity contribution in [2.24, 2.45) is 0 Å². The maximum absolute atomic E-state index is 11.9. The van der Waals surface area contributed by atoms with Crippen LogP contribution in [-0.4, -0.2) is 47.0 Å². The van der Waals surface area contributed by atoms with E-state index >= 15 is 0 Å². The molecule has 0 saturated heterocycles. The van der Waals surface area contributed by atoms with Crippen LogP contribution in [0.1, 0.15) is 33.5 Å². The predicted molar refractivity (Wildman–Crippen MR) is 79.9 cm³/mol. The van der Waals surface area contributed by atoms with E-state index in [1.807, 2.05) is 27.7 Å². The molecular weight excluding hydrogens is 272 g/mol. The predicted octanol–water partition coefficient (Wildman–Crippen LogP) is 1.16. The van der Waals surface area contributed by atoms with Crippen LogP contribution in [0.4, 0.5) is 5.82 Å². The molecule has 0 fully saturated rings. The van der Waals surface area contributed by atoms with Crippen LogP contribution < -0.4 is 10.6 Å². The van der Waals surface area contributed by atoms with E-state index in [0.717, 1.165) is 0 Å². The van der Waals surface area contributed by atoms with E-state index in [-0.39, 0.29) is 30.4 Å². The highest BCUT2D eigenvalue weighted by molar-refractivity contribution is 5.91. The van der Waals surface area contributed by atoms with E-state index in [1.54, 1.807) is 17.9 Å². The van der Waals surface area contributed by atoms with Gasteiger partial charge in [-0.05, 0) is 34.2 Å². The maximum atomic E-state index is 11.9. The van der Waals surface area contributed by atoms with Gasteiger partial charge < -0.3 is 15.2 Å². The van der Waals surface area contributed by atoms with Gasteiger partial charge in [0.05, 0.1) is 13.1 Å². The maximum Gasteiger partial charge on any atom is 0.239 e. The molecule has 7 nitrogen and oxygen atoms in total. The molecule has 118 valence electrons. The molecule has 0 aromatic carbocycles. The van der Waals surface area contributed by atoms with Gasteiger partial charge >= 0.3 is 0 Å². The second kappa shape index (κ2) is 7.21. The number of hydrogen-bond donors (Lipinski definition) is 2. The minimum absolute atomic E-state index is 0.102. The van der Waals surface area contributed by atoms with Gasteiger partial charge in [0.1, 0.15) is 5.76 Å². The first-order valence-electron chi connectivity index (χ1n) is 6.96. The van der Waals surface area contributed by atoms with Gasteiger partial charge in [0.2, 0.25) is 11.8 Å². The third-order valence-corrected chi connectivity index (χ3v) is 2.59. The lowest BCUT2D eigenvalue weighted by molar-refractivity contribution is -0.124. The number of nitrogens with one attached hydrogen (secondary N) is 2. The summed E-state index contributed by atoms with van der Waals surface area (Å²) in [6, 6.07) is 1.64. The molecule has 1 rings (SSSR count). The molecule has 0 radical (unpaired) electrons. The number of aromatic nitrogens is 1. The largest absolute Gasteiger partial charge is 0.360 e. The van der Waals surface area contributed by atoms with E-state index in [9.17, 15) is 9.59 Å². The Morgan fingerprint density at radius 2 is 1.90 bits per heavy atom. The molecule has 7 heteroatoms. The minimum Gasteiger partial charge on any atom is -0.360 e. The van der Waals surface area contributed by atoms with Gasteiger partial charge in [-0.15, -0.1) is 0 Å². The van der Waals surface area contributed by atoms with Crippen molar-refractivity contribution in [3.8, 4) is 0 Å². The van der Waals surface area contributed by atoms with Gasteiger partial charge in [-0.1, -0.05) is 12.1 Å². The average Bonchev–Trinajstić information content (AvgIpc) is 2.71. The molecule has 0 unspecified atom stereocenters. The lowest BCUT2D eigenvalue weighted by Crippen LogP contribution is -2.47. The zero-order valence-electron chi connectivity index (χ0n) is 13.3.